The standard InChI is InChI=1S/C18H19NO6/c1-10-9-18(16(21)24-3,17(22)25-4)14-8-11-7-12(23-2)5-6-13(11)19(14)15(10)20/h5-8,10H,9H2,1-4H3. The van der Waals surface area contributed by atoms with E-state index in [1.807, 2.05) is 0 Å². The summed E-state index contributed by atoms with van der Waals surface area (Å²) in [6.07, 6.45) is -0.00135. The maximum absolute atomic E-state index is 12.8. The van der Waals surface area contributed by atoms with Crippen molar-refractivity contribution in [3.63, 3.8) is 0 Å². The monoisotopic (exact) mass is 345 g/mol. The largest absolute Gasteiger partial charge is 0.497 e. The van der Waals surface area contributed by atoms with Crippen molar-refractivity contribution in [2.75, 3.05) is 21.3 Å². The smallest absolute Gasteiger partial charge is 0.329 e. The quantitative estimate of drug-likeness (QED) is 0.624. The molecule has 1 aliphatic rings. The summed E-state index contributed by atoms with van der Waals surface area (Å²) >= 11 is 0. The Morgan fingerprint density at radius 2 is 1.76 bits per heavy atom. The van der Waals surface area contributed by atoms with Crippen molar-refractivity contribution >= 4 is 28.7 Å². The van der Waals surface area contributed by atoms with Crippen molar-refractivity contribution in [3.8, 4) is 5.75 Å². The number of rotatable bonds is 3. The molecule has 0 fully saturated rings. The average Bonchev–Trinajstić information content (AvgIpc) is 3.02. The lowest BCUT2D eigenvalue weighted by Gasteiger charge is -2.35. The number of methoxy groups -OCH3 is 3. The van der Waals surface area contributed by atoms with E-state index in [4.69, 9.17) is 14.2 Å². The van der Waals surface area contributed by atoms with Crippen LogP contribution in [0.15, 0.2) is 24.3 Å². The van der Waals surface area contributed by atoms with Gasteiger partial charge in [-0.05, 0) is 30.7 Å². The third kappa shape index (κ3) is 2.22. The maximum Gasteiger partial charge on any atom is 0.329 e. The minimum atomic E-state index is -1.68. The summed E-state index contributed by atoms with van der Waals surface area (Å²) in [5.41, 5.74) is -0.814. The number of carbonyl (C=O) groups excluding carboxylic acids is 3. The molecule has 0 aliphatic carbocycles. The molecule has 1 aromatic heterocycles. The molecule has 0 saturated carbocycles. The van der Waals surface area contributed by atoms with Gasteiger partial charge in [0.1, 0.15) is 5.75 Å². The summed E-state index contributed by atoms with van der Waals surface area (Å²) in [5, 5.41) is 0.689. The first-order chi connectivity index (χ1) is 11.9. The van der Waals surface area contributed by atoms with E-state index in [-0.39, 0.29) is 18.0 Å². The van der Waals surface area contributed by atoms with Gasteiger partial charge < -0.3 is 14.2 Å². The highest BCUT2D eigenvalue weighted by atomic mass is 16.5. The fourth-order valence-corrected chi connectivity index (χ4v) is 3.55. The number of hydrogen-bond acceptors (Lipinski definition) is 6. The third-order valence-electron chi connectivity index (χ3n) is 4.77. The fraction of sp³-hybridized carbons (Fsp3) is 0.389. The summed E-state index contributed by atoms with van der Waals surface area (Å²) in [6, 6.07) is 6.85. The van der Waals surface area contributed by atoms with E-state index in [0.29, 0.717) is 16.7 Å². The second-order valence-corrected chi connectivity index (χ2v) is 6.12. The van der Waals surface area contributed by atoms with Gasteiger partial charge in [0.2, 0.25) is 11.3 Å². The summed E-state index contributed by atoms with van der Waals surface area (Å²) in [5.74, 6) is -1.61. The SMILES string of the molecule is COC(=O)C1(C(=O)OC)CC(C)C(=O)n2c1cc1cc(OC)ccc12. The number of ether oxygens (including phenoxy) is 3. The van der Waals surface area contributed by atoms with Gasteiger partial charge in [-0.25, -0.2) is 0 Å². The predicted molar refractivity (Wildman–Crippen MR) is 88.6 cm³/mol. The number of aromatic nitrogens is 1. The molecule has 0 spiro atoms. The lowest BCUT2D eigenvalue weighted by molar-refractivity contribution is -0.163. The molecule has 0 amide bonds. The second-order valence-electron chi connectivity index (χ2n) is 6.12. The van der Waals surface area contributed by atoms with Gasteiger partial charge in [-0.1, -0.05) is 6.92 Å². The lowest BCUT2D eigenvalue weighted by atomic mass is 9.74. The van der Waals surface area contributed by atoms with Crippen LogP contribution in [0.4, 0.5) is 0 Å². The van der Waals surface area contributed by atoms with Crippen LogP contribution in [-0.2, 0) is 24.5 Å². The molecule has 2 aromatic rings. The molecule has 7 heteroatoms. The lowest BCUT2D eigenvalue weighted by Crippen LogP contribution is -2.52. The van der Waals surface area contributed by atoms with Gasteiger partial charge in [-0.15, -0.1) is 0 Å². The molecular weight excluding hydrogens is 326 g/mol. The molecule has 2 heterocycles. The number of carbonyl (C=O) groups is 3. The van der Waals surface area contributed by atoms with Crippen molar-refractivity contribution in [1.82, 2.24) is 4.57 Å². The molecule has 3 rings (SSSR count). The average molecular weight is 345 g/mol. The van der Waals surface area contributed by atoms with E-state index in [9.17, 15) is 14.4 Å². The Labute approximate surface area is 144 Å². The number of hydrogen-bond donors (Lipinski definition) is 0. The molecular formula is C18H19NO6. The number of fused-ring (bicyclic) bond motifs is 3. The number of esters is 2. The van der Waals surface area contributed by atoms with Crippen LogP contribution in [0.1, 0.15) is 23.8 Å². The Bertz CT molecular complexity index is 865. The van der Waals surface area contributed by atoms with Crippen LogP contribution in [0.3, 0.4) is 0 Å². The minimum Gasteiger partial charge on any atom is -0.497 e. The van der Waals surface area contributed by atoms with E-state index < -0.39 is 23.3 Å². The van der Waals surface area contributed by atoms with Crippen molar-refractivity contribution < 1.29 is 28.6 Å². The van der Waals surface area contributed by atoms with Gasteiger partial charge in [-0.2, -0.15) is 0 Å². The molecule has 0 N–H and O–H groups in total. The Morgan fingerprint density at radius 1 is 1.12 bits per heavy atom. The molecule has 1 unspecified atom stereocenters. The molecule has 132 valence electrons. The van der Waals surface area contributed by atoms with Gasteiger partial charge in [0.15, 0.2) is 0 Å². The highest BCUT2D eigenvalue weighted by Crippen LogP contribution is 2.42. The first-order valence-corrected chi connectivity index (χ1v) is 7.81. The van der Waals surface area contributed by atoms with Gasteiger partial charge in [0.25, 0.3) is 0 Å². The van der Waals surface area contributed by atoms with Gasteiger partial charge in [0, 0.05) is 11.3 Å². The normalized spacial score (nSPS) is 18.6. The zero-order valence-corrected chi connectivity index (χ0v) is 14.5. The van der Waals surface area contributed by atoms with E-state index in [2.05, 4.69) is 0 Å². The van der Waals surface area contributed by atoms with E-state index in [1.54, 1.807) is 31.2 Å². The number of nitrogens with zero attached hydrogens (tertiary/aromatic N) is 1. The second kappa shape index (κ2) is 5.91. The zero-order valence-electron chi connectivity index (χ0n) is 14.5. The first kappa shape index (κ1) is 17.0. The first-order valence-electron chi connectivity index (χ1n) is 7.81. The van der Waals surface area contributed by atoms with Gasteiger partial charge >= 0.3 is 11.9 Å². The number of benzene rings is 1. The van der Waals surface area contributed by atoms with Crippen LogP contribution in [0.5, 0.6) is 5.75 Å². The molecule has 0 radical (unpaired) electrons. The van der Waals surface area contributed by atoms with Crippen molar-refractivity contribution in [2.24, 2.45) is 5.92 Å². The van der Waals surface area contributed by atoms with Crippen LogP contribution in [0.2, 0.25) is 0 Å². The molecule has 1 aromatic carbocycles. The summed E-state index contributed by atoms with van der Waals surface area (Å²) in [6.45, 7) is 1.68. The highest BCUT2D eigenvalue weighted by molar-refractivity contribution is 6.10. The van der Waals surface area contributed by atoms with Crippen molar-refractivity contribution in [2.45, 2.75) is 18.8 Å². The molecule has 1 aliphatic heterocycles. The molecule has 0 saturated heterocycles. The summed E-state index contributed by atoms with van der Waals surface area (Å²) < 4.78 is 16.4. The zero-order chi connectivity index (χ0) is 18.4. The molecule has 25 heavy (non-hydrogen) atoms. The Balaban J connectivity index is 2.39. The van der Waals surface area contributed by atoms with Gasteiger partial charge in [0.05, 0.1) is 32.5 Å². The summed E-state index contributed by atoms with van der Waals surface area (Å²) in [7, 11) is 3.96. The van der Waals surface area contributed by atoms with Crippen LogP contribution in [0, 0.1) is 5.92 Å². The molecule has 1 atom stereocenters. The van der Waals surface area contributed by atoms with Gasteiger partial charge in [-0.3, -0.25) is 19.0 Å². The Morgan fingerprint density at radius 3 is 2.32 bits per heavy atom. The van der Waals surface area contributed by atoms with Crippen molar-refractivity contribution in [3.05, 3.63) is 30.0 Å². The topological polar surface area (TPSA) is 83.8 Å². The Hall–Kier alpha value is -2.83. The third-order valence-corrected chi connectivity index (χ3v) is 4.77. The van der Waals surface area contributed by atoms with Crippen LogP contribution in [0.25, 0.3) is 10.9 Å². The van der Waals surface area contributed by atoms with Crippen molar-refractivity contribution in [1.29, 1.82) is 0 Å². The van der Waals surface area contributed by atoms with Crippen LogP contribution >= 0.6 is 0 Å². The fourth-order valence-electron chi connectivity index (χ4n) is 3.55. The Kier molecular flexibility index (Phi) is 4.02. The minimum absolute atomic E-state index is 0.00135. The van der Waals surface area contributed by atoms with E-state index in [0.717, 1.165) is 0 Å². The predicted octanol–water partition coefficient (Wildman–Crippen LogP) is 1.91. The van der Waals surface area contributed by atoms with Crippen LogP contribution in [-0.4, -0.2) is 43.7 Å². The highest BCUT2D eigenvalue weighted by Gasteiger charge is 2.57. The molecule has 0 bridgehead atoms. The van der Waals surface area contributed by atoms with Crippen LogP contribution < -0.4 is 4.74 Å². The van der Waals surface area contributed by atoms with E-state index in [1.165, 1.54) is 25.9 Å². The maximum atomic E-state index is 12.8. The van der Waals surface area contributed by atoms with E-state index >= 15 is 0 Å². The molecule has 7 nitrogen and oxygen atoms in total. The summed E-state index contributed by atoms with van der Waals surface area (Å²) in [4.78, 5) is 38.0.